The summed E-state index contributed by atoms with van der Waals surface area (Å²) in [5, 5.41) is 1.84. The lowest BCUT2D eigenvalue weighted by Crippen LogP contribution is -2.01. The number of ether oxygens (including phenoxy) is 3. The van der Waals surface area contributed by atoms with Crippen LogP contribution in [0.4, 0.5) is 0 Å². The number of hydrogen-bond donors (Lipinski definition) is 0. The smallest absolute Gasteiger partial charge is 0.348 e. The maximum Gasteiger partial charge on any atom is 0.348 e. The molecule has 1 aromatic heterocycles. The first-order valence-electron chi connectivity index (χ1n) is 6.19. The van der Waals surface area contributed by atoms with Gasteiger partial charge in [-0.3, -0.25) is 0 Å². The van der Waals surface area contributed by atoms with Crippen LogP contribution in [-0.4, -0.2) is 18.7 Å². The average molecular weight is 300 g/mol. The molecule has 0 atom stereocenters. The zero-order valence-electron chi connectivity index (χ0n) is 10.6. The summed E-state index contributed by atoms with van der Waals surface area (Å²) in [6.07, 6.45) is 0. The van der Waals surface area contributed by atoms with Crippen LogP contribution in [0.1, 0.15) is 10.4 Å². The van der Waals surface area contributed by atoms with E-state index in [1.54, 1.807) is 24.3 Å². The highest BCUT2D eigenvalue weighted by atomic mass is 32.1. The number of cyclic esters (lactones) is 2. The SMILES string of the molecule is O=C1OC(=O)C(c2cccs2)=C1c1ccc2c(c1)OCO2. The summed E-state index contributed by atoms with van der Waals surface area (Å²) < 4.78 is 15.3. The number of thiophene rings is 1. The quantitative estimate of drug-likeness (QED) is 0.630. The number of hydrogen-bond acceptors (Lipinski definition) is 6. The number of fused-ring (bicyclic) bond motifs is 1. The average Bonchev–Trinajstić information content (AvgIpc) is 3.17. The molecule has 0 bridgehead atoms. The molecular weight excluding hydrogens is 292 g/mol. The monoisotopic (exact) mass is 300 g/mol. The van der Waals surface area contributed by atoms with Gasteiger partial charge >= 0.3 is 11.9 Å². The van der Waals surface area contributed by atoms with Gasteiger partial charge in [0.25, 0.3) is 0 Å². The molecule has 0 unspecified atom stereocenters. The molecule has 4 rings (SSSR count). The summed E-state index contributed by atoms with van der Waals surface area (Å²) in [6, 6.07) is 8.72. The lowest BCUT2D eigenvalue weighted by atomic mass is 10.00. The molecule has 2 aliphatic heterocycles. The fourth-order valence-electron chi connectivity index (χ4n) is 2.35. The number of carbonyl (C=O) groups excluding carboxylic acids is 2. The highest BCUT2D eigenvalue weighted by Crippen LogP contribution is 2.40. The van der Waals surface area contributed by atoms with Crippen LogP contribution >= 0.6 is 11.3 Å². The van der Waals surface area contributed by atoms with Crippen molar-refractivity contribution in [3.05, 3.63) is 46.2 Å². The Bertz CT molecular complexity index is 788. The summed E-state index contributed by atoms with van der Waals surface area (Å²) in [6.45, 7) is 0.152. The molecule has 0 aliphatic carbocycles. The molecule has 104 valence electrons. The van der Waals surface area contributed by atoms with E-state index in [0.717, 1.165) is 0 Å². The van der Waals surface area contributed by atoms with Crippen LogP contribution in [0.15, 0.2) is 35.7 Å². The Kier molecular flexibility index (Phi) is 2.58. The number of benzene rings is 1. The van der Waals surface area contributed by atoms with Gasteiger partial charge in [-0.2, -0.15) is 0 Å². The van der Waals surface area contributed by atoms with Gasteiger partial charge in [0.2, 0.25) is 6.79 Å². The topological polar surface area (TPSA) is 61.8 Å². The van der Waals surface area contributed by atoms with Crippen LogP contribution in [0.3, 0.4) is 0 Å². The summed E-state index contributed by atoms with van der Waals surface area (Å²) >= 11 is 1.38. The molecule has 0 fully saturated rings. The van der Waals surface area contributed by atoms with E-state index in [4.69, 9.17) is 14.2 Å². The molecule has 0 N–H and O–H groups in total. The van der Waals surface area contributed by atoms with E-state index in [9.17, 15) is 9.59 Å². The van der Waals surface area contributed by atoms with Gasteiger partial charge in [0.1, 0.15) is 0 Å². The molecule has 0 saturated heterocycles. The standard InChI is InChI=1S/C15H8O5S/c16-14-12(8-3-4-9-10(6-8)19-7-18-9)13(15(17)20-14)11-2-1-5-21-11/h1-6H,7H2. The van der Waals surface area contributed by atoms with Crippen molar-refractivity contribution >= 4 is 34.4 Å². The predicted molar refractivity (Wildman–Crippen MR) is 74.8 cm³/mol. The van der Waals surface area contributed by atoms with Crippen molar-refractivity contribution in [3.8, 4) is 11.5 Å². The zero-order chi connectivity index (χ0) is 14.4. The van der Waals surface area contributed by atoms with Crippen molar-refractivity contribution in [2.75, 3.05) is 6.79 Å². The first-order valence-corrected chi connectivity index (χ1v) is 7.06. The number of rotatable bonds is 2. The van der Waals surface area contributed by atoms with Crippen LogP contribution in [0.2, 0.25) is 0 Å². The number of esters is 2. The van der Waals surface area contributed by atoms with E-state index < -0.39 is 11.9 Å². The van der Waals surface area contributed by atoms with E-state index in [1.165, 1.54) is 11.3 Å². The second kappa shape index (κ2) is 4.46. The van der Waals surface area contributed by atoms with Crippen molar-refractivity contribution in [2.24, 2.45) is 0 Å². The Morgan fingerprint density at radius 1 is 0.952 bits per heavy atom. The molecule has 0 amide bonds. The first-order chi connectivity index (χ1) is 10.2. The van der Waals surface area contributed by atoms with Crippen molar-refractivity contribution in [1.82, 2.24) is 0 Å². The highest BCUT2D eigenvalue weighted by molar-refractivity contribution is 7.11. The Labute approximate surface area is 123 Å². The van der Waals surface area contributed by atoms with Gasteiger partial charge in [-0.1, -0.05) is 12.1 Å². The zero-order valence-corrected chi connectivity index (χ0v) is 11.4. The van der Waals surface area contributed by atoms with Crippen molar-refractivity contribution in [3.63, 3.8) is 0 Å². The van der Waals surface area contributed by atoms with Gasteiger partial charge in [0, 0.05) is 4.88 Å². The lowest BCUT2D eigenvalue weighted by Gasteiger charge is -2.03. The van der Waals surface area contributed by atoms with Gasteiger partial charge in [0.05, 0.1) is 11.1 Å². The largest absolute Gasteiger partial charge is 0.454 e. The molecule has 21 heavy (non-hydrogen) atoms. The molecule has 5 nitrogen and oxygen atoms in total. The maximum atomic E-state index is 12.0. The van der Waals surface area contributed by atoms with E-state index in [-0.39, 0.29) is 12.4 Å². The Balaban J connectivity index is 1.91. The normalized spacial score (nSPS) is 16.6. The maximum absolute atomic E-state index is 12.0. The summed E-state index contributed by atoms with van der Waals surface area (Å²) in [5.74, 6) is -0.0789. The third-order valence-electron chi connectivity index (χ3n) is 3.27. The molecule has 0 radical (unpaired) electrons. The predicted octanol–water partition coefficient (Wildman–Crippen LogP) is 2.47. The second-order valence-electron chi connectivity index (χ2n) is 4.47. The Hall–Kier alpha value is -2.60. The fourth-order valence-corrected chi connectivity index (χ4v) is 3.11. The molecule has 0 spiro atoms. The van der Waals surface area contributed by atoms with E-state index in [0.29, 0.717) is 27.5 Å². The van der Waals surface area contributed by atoms with Crippen LogP contribution in [0.25, 0.3) is 11.1 Å². The lowest BCUT2D eigenvalue weighted by molar-refractivity contribution is -0.149. The van der Waals surface area contributed by atoms with Crippen LogP contribution < -0.4 is 9.47 Å². The molecule has 1 aromatic carbocycles. The van der Waals surface area contributed by atoms with Crippen molar-refractivity contribution in [1.29, 1.82) is 0 Å². The Morgan fingerprint density at radius 2 is 1.76 bits per heavy atom. The van der Waals surface area contributed by atoms with Gasteiger partial charge < -0.3 is 14.2 Å². The van der Waals surface area contributed by atoms with Crippen LogP contribution in [0.5, 0.6) is 11.5 Å². The minimum Gasteiger partial charge on any atom is -0.454 e. The van der Waals surface area contributed by atoms with E-state index in [2.05, 4.69) is 0 Å². The van der Waals surface area contributed by atoms with Crippen molar-refractivity contribution < 1.29 is 23.8 Å². The van der Waals surface area contributed by atoms with Gasteiger partial charge in [-0.05, 0) is 29.1 Å². The van der Waals surface area contributed by atoms with Crippen LogP contribution in [0, 0.1) is 0 Å². The molecule has 2 aliphatic rings. The molecule has 0 saturated carbocycles. The van der Waals surface area contributed by atoms with E-state index >= 15 is 0 Å². The third kappa shape index (κ3) is 1.84. The van der Waals surface area contributed by atoms with Gasteiger partial charge in [-0.25, -0.2) is 9.59 Å². The van der Waals surface area contributed by atoms with Gasteiger partial charge in [0.15, 0.2) is 11.5 Å². The molecule has 2 aromatic rings. The van der Waals surface area contributed by atoms with Crippen molar-refractivity contribution in [2.45, 2.75) is 0 Å². The molecule has 6 heteroatoms. The van der Waals surface area contributed by atoms with E-state index in [1.807, 2.05) is 11.4 Å². The summed E-state index contributed by atoms with van der Waals surface area (Å²) in [4.78, 5) is 24.7. The second-order valence-corrected chi connectivity index (χ2v) is 5.42. The molecule has 3 heterocycles. The minimum absolute atomic E-state index is 0.152. The Morgan fingerprint density at radius 3 is 2.57 bits per heavy atom. The van der Waals surface area contributed by atoms with Crippen LogP contribution in [-0.2, 0) is 14.3 Å². The summed E-state index contributed by atoms with van der Waals surface area (Å²) in [5.41, 5.74) is 1.15. The molecular formula is C15H8O5S. The van der Waals surface area contributed by atoms with Gasteiger partial charge in [-0.15, -0.1) is 11.3 Å². The first kappa shape index (κ1) is 12.2. The highest BCUT2D eigenvalue weighted by Gasteiger charge is 2.36. The third-order valence-corrected chi connectivity index (χ3v) is 4.16. The summed E-state index contributed by atoms with van der Waals surface area (Å²) in [7, 11) is 0. The number of carbonyl (C=O) groups is 2. The minimum atomic E-state index is -0.637. The fraction of sp³-hybridized carbons (Fsp3) is 0.0667.